The Kier molecular flexibility index (Phi) is 3.43. The normalized spacial score (nSPS) is 25.8. The second kappa shape index (κ2) is 5.02. The number of alkyl halides is 3. The molecule has 1 N–H and O–H groups in total. The molecule has 0 aromatic heterocycles. The number of nitrogens with one attached hydrogen (secondary N) is 1. The third kappa shape index (κ3) is 2.21. The number of halogens is 3. The summed E-state index contributed by atoms with van der Waals surface area (Å²) < 4.78 is 40.5. The molecule has 6 heteroatoms. The Morgan fingerprint density at radius 2 is 2.05 bits per heavy atom. The zero-order chi connectivity index (χ0) is 15.1. The maximum Gasteiger partial charge on any atom is 0.404 e. The molecule has 21 heavy (non-hydrogen) atoms. The van der Waals surface area contributed by atoms with Crippen molar-refractivity contribution in [1.29, 1.82) is 0 Å². The zero-order valence-electron chi connectivity index (χ0n) is 11.5. The van der Waals surface area contributed by atoms with E-state index in [2.05, 4.69) is 5.32 Å². The van der Waals surface area contributed by atoms with E-state index in [9.17, 15) is 18.0 Å². The van der Waals surface area contributed by atoms with Crippen molar-refractivity contribution >= 4 is 11.6 Å². The second-order valence-corrected chi connectivity index (χ2v) is 5.70. The maximum atomic E-state index is 13.5. The average molecular weight is 298 g/mol. The van der Waals surface area contributed by atoms with Crippen LogP contribution in [0.5, 0.6) is 0 Å². The highest BCUT2D eigenvalue weighted by Gasteiger charge is 2.62. The molecule has 1 aromatic rings. The molecule has 3 rings (SSSR count). The Balaban J connectivity index is 1.99. The monoisotopic (exact) mass is 298 g/mol. The van der Waals surface area contributed by atoms with Crippen LogP contribution in [0, 0.1) is 5.41 Å². The number of rotatable bonds is 1. The van der Waals surface area contributed by atoms with E-state index in [4.69, 9.17) is 0 Å². The fraction of sp³-hybridized carbons (Fsp3) is 0.533. The summed E-state index contributed by atoms with van der Waals surface area (Å²) in [4.78, 5) is 14.0. The van der Waals surface area contributed by atoms with Gasteiger partial charge in [0.15, 0.2) is 5.41 Å². The van der Waals surface area contributed by atoms with E-state index in [1.165, 1.54) is 4.90 Å². The van der Waals surface area contributed by atoms with Gasteiger partial charge in [0.1, 0.15) is 0 Å². The number of hydrogen-bond donors (Lipinski definition) is 1. The van der Waals surface area contributed by atoms with Crippen molar-refractivity contribution in [1.82, 2.24) is 5.32 Å². The van der Waals surface area contributed by atoms with Gasteiger partial charge in [-0.05, 0) is 37.4 Å². The van der Waals surface area contributed by atoms with Crippen molar-refractivity contribution in [3.05, 3.63) is 29.8 Å². The van der Waals surface area contributed by atoms with Crippen LogP contribution in [0.1, 0.15) is 18.4 Å². The Hall–Kier alpha value is -1.56. The van der Waals surface area contributed by atoms with Crippen LogP contribution in [0.2, 0.25) is 0 Å². The summed E-state index contributed by atoms with van der Waals surface area (Å²) in [6, 6.07) is 7.22. The van der Waals surface area contributed by atoms with Crippen molar-refractivity contribution in [2.24, 2.45) is 5.41 Å². The van der Waals surface area contributed by atoms with Crippen LogP contribution in [0.3, 0.4) is 0 Å². The van der Waals surface area contributed by atoms with Gasteiger partial charge in [0.05, 0.1) is 0 Å². The van der Waals surface area contributed by atoms with Crippen LogP contribution in [0.25, 0.3) is 0 Å². The predicted octanol–water partition coefficient (Wildman–Crippen LogP) is 2.51. The average Bonchev–Trinajstić information content (AvgIpc) is 2.96. The highest BCUT2D eigenvalue weighted by molar-refractivity contribution is 5.99. The van der Waals surface area contributed by atoms with Crippen molar-refractivity contribution in [2.45, 2.75) is 25.4 Å². The summed E-state index contributed by atoms with van der Waals surface area (Å²) in [5, 5.41) is 2.70. The SMILES string of the molecule is O=C(N1CCCc2ccccc21)C1(C(F)(F)F)CCNC1. The molecule has 3 nitrogen and oxygen atoms in total. The van der Waals surface area contributed by atoms with Gasteiger partial charge in [-0.15, -0.1) is 0 Å². The maximum absolute atomic E-state index is 13.5. The molecule has 1 atom stereocenters. The minimum Gasteiger partial charge on any atom is -0.315 e. The van der Waals surface area contributed by atoms with Gasteiger partial charge in [0.2, 0.25) is 5.91 Å². The number of carbonyl (C=O) groups excluding carboxylic acids is 1. The molecule has 1 amide bonds. The third-order valence-electron chi connectivity index (χ3n) is 4.46. The lowest BCUT2D eigenvalue weighted by molar-refractivity contribution is -0.214. The predicted molar refractivity (Wildman–Crippen MR) is 73.1 cm³/mol. The second-order valence-electron chi connectivity index (χ2n) is 5.70. The van der Waals surface area contributed by atoms with E-state index < -0.39 is 17.5 Å². The molecule has 0 radical (unpaired) electrons. The first-order chi connectivity index (χ1) is 9.96. The molecular weight excluding hydrogens is 281 g/mol. The fourth-order valence-electron chi connectivity index (χ4n) is 3.24. The van der Waals surface area contributed by atoms with Gasteiger partial charge in [-0.2, -0.15) is 13.2 Å². The van der Waals surface area contributed by atoms with Crippen LogP contribution in [0.15, 0.2) is 24.3 Å². The van der Waals surface area contributed by atoms with Gasteiger partial charge in [-0.1, -0.05) is 18.2 Å². The molecule has 0 saturated carbocycles. The molecular formula is C15H17F3N2O. The topological polar surface area (TPSA) is 32.3 Å². The number of aryl methyl sites for hydroxylation is 1. The lowest BCUT2D eigenvalue weighted by Crippen LogP contribution is -2.54. The van der Waals surface area contributed by atoms with Crippen LogP contribution < -0.4 is 10.2 Å². The van der Waals surface area contributed by atoms with E-state index in [1.807, 2.05) is 12.1 Å². The van der Waals surface area contributed by atoms with Crippen LogP contribution in [-0.2, 0) is 11.2 Å². The molecule has 1 saturated heterocycles. The lowest BCUT2D eigenvalue weighted by atomic mass is 9.83. The molecule has 0 spiro atoms. The summed E-state index contributed by atoms with van der Waals surface area (Å²) in [6.45, 7) is 0.252. The Morgan fingerprint density at radius 3 is 2.71 bits per heavy atom. The first kappa shape index (κ1) is 14.4. The molecule has 2 heterocycles. The number of carbonyl (C=O) groups is 1. The first-order valence-corrected chi connectivity index (χ1v) is 7.13. The highest BCUT2D eigenvalue weighted by Crippen LogP contribution is 2.45. The molecule has 1 unspecified atom stereocenters. The third-order valence-corrected chi connectivity index (χ3v) is 4.46. The molecule has 1 fully saturated rings. The molecule has 0 bridgehead atoms. The van der Waals surface area contributed by atoms with Crippen LogP contribution >= 0.6 is 0 Å². The van der Waals surface area contributed by atoms with Crippen molar-refractivity contribution in [3.8, 4) is 0 Å². The lowest BCUT2D eigenvalue weighted by Gasteiger charge is -2.37. The van der Waals surface area contributed by atoms with E-state index in [0.29, 0.717) is 18.7 Å². The summed E-state index contributed by atoms with van der Waals surface area (Å²) in [5.41, 5.74) is -0.707. The Morgan fingerprint density at radius 1 is 1.29 bits per heavy atom. The number of para-hydroxylation sites is 1. The van der Waals surface area contributed by atoms with Gasteiger partial charge in [0.25, 0.3) is 0 Å². The van der Waals surface area contributed by atoms with Gasteiger partial charge >= 0.3 is 6.18 Å². The minimum absolute atomic E-state index is 0.187. The highest BCUT2D eigenvalue weighted by atomic mass is 19.4. The zero-order valence-corrected chi connectivity index (χ0v) is 11.5. The summed E-state index contributed by atoms with van der Waals surface area (Å²) >= 11 is 0. The largest absolute Gasteiger partial charge is 0.404 e. The fourth-order valence-corrected chi connectivity index (χ4v) is 3.24. The molecule has 114 valence electrons. The Labute approximate surface area is 121 Å². The molecule has 0 aliphatic carbocycles. The number of nitrogens with zero attached hydrogens (tertiary/aromatic N) is 1. The number of amides is 1. The van der Waals surface area contributed by atoms with Crippen molar-refractivity contribution in [3.63, 3.8) is 0 Å². The standard InChI is InChI=1S/C15H17F3N2O/c16-15(17,18)14(7-8-19-10-14)13(21)20-9-3-5-11-4-1-2-6-12(11)20/h1-2,4,6,19H,3,5,7-10H2. The number of fused-ring (bicyclic) bond motifs is 1. The molecule has 2 aliphatic rings. The van der Waals surface area contributed by atoms with E-state index >= 15 is 0 Å². The van der Waals surface area contributed by atoms with Gasteiger partial charge in [-0.25, -0.2) is 0 Å². The summed E-state index contributed by atoms with van der Waals surface area (Å²) in [6.07, 6.45) is -3.21. The smallest absolute Gasteiger partial charge is 0.315 e. The molecule has 1 aromatic carbocycles. The van der Waals surface area contributed by atoms with Crippen molar-refractivity contribution in [2.75, 3.05) is 24.5 Å². The van der Waals surface area contributed by atoms with E-state index in [0.717, 1.165) is 12.0 Å². The van der Waals surface area contributed by atoms with Crippen LogP contribution in [-0.4, -0.2) is 31.7 Å². The summed E-state index contributed by atoms with van der Waals surface area (Å²) in [5.74, 6) is -0.813. The van der Waals surface area contributed by atoms with Gasteiger partial charge in [0, 0.05) is 18.8 Å². The summed E-state index contributed by atoms with van der Waals surface area (Å²) in [7, 11) is 0. The van der Waals surface area contributed by atoms with Crippen LogP contribution in [0.4, 0.5) is 18.9 Å². The van der Waals surface area contributed by atoms with Gasteiger partial charge < -0.3 is 10.2 Å². The van der Waals surface area contributed by atoms with Gasteiger partial charge in [-0.3, -0.25) is 4.79 Å². The first-order valence-electron chi connectivity index (χ1n) is 7.13. The van der Waals surface area contributed by atoms with E-state index in [1.54, 1.807) is 12.1 Å². The Bertz CT molecular complexity index is 550. The molecule has 2 aliphatic heterocycles. The number of hydrogen-bond acceptors (Lipinski definition) is 2. The van der Waals surface area contributed by atoms with E-state index in [-0.39, 0.29) is 19.5 Å². The number of anilines is 1. The quantitative estimate of drug-likeness (QED) is 0.864. The minimum atomic E-state index is -4.53. The van der Waals surface area contributed by atoms with Crippen molar-refractivity contribution < 1.29 is 18.0 Å². The number of benzene rings is 1.